The molecule has 0 unspecified atom stereocenters. The standard InChI is InChI=1S/C18H11ClO4/c19-13-5-1-11(2-6-13)3-7-14-10-16(20)15-9-12(18(21)22)4-8-17(15)23-14/h1-10H,(H,21,22)/b7-3+. The Bertz CT molecular complexity index is 968. The Kier molecular flexibility index (Phi) is 4.00. The molecule has 23 heavy (non-hydrogen) atoms. The number of carboxylic acid groups (broad SMARTS) is 1. The van der Waals surface area contributed by atoms with Crippen LogP contribution in [0.4, 0.5) is 0 Å². The molecule has 0 bridgehead atoms. The number of benzene rings is 2. The largest absolute Gasteiger partial charge is 0.478 e. The summed E-state index contributed by atoms with van der Waals surface area (Å²) in [5.74, 6) is -0.696. The van der Waals surface area contributed by atoms with Gasteiger partial charge in [0.25, 0.3) is 0 Å². The van der Waals surface area contributed by atoms with Gasteiger partial charge >= 0.3 is 5.97 Å². The zero-order chi connectivity index (χ0) is 16.4. The average molecular weight is 327 g/mol. The van der Waals surface area contributed by atoms with E-state index in [2.05, 4.69) is 0 Å². The Balaban J connectivity index is 1.99. The van der Waals surface area contributed by atoms with Gasteiger partial charge in [-0.3, -0.25) is 4.79 Å². The molecule has 1 heterocycles. The monoisotopic (exact) mass is 326 g/mol. The van der Waals surface area contributed by atoms with Gasteiger partial charge in [-0.15, -0.1) is 0 Å². The molecular weight excluding hydrogens is 316 g/mol. The molecular formula is C18H11ClO4. The topological polar surface area (TPSA) is 67.5 Å². The smallest absolute Gasteiger partial charge is 0.335 e. The van der Waals surface area contributed by atoms with Crippen molar-refractivity contribution in [3.63, 3.8) is 0 Å². The maximum absolute atomic E-state index is 12.1. The van der Waals surface area contributed by atoms with Crippen LogP contribution in [0.5, 0.6) is 0 Å². The molecule has 1 aromatic heterocycles. The van der Waals surface area contributed by atoms with Crippen LogP contribution in [0.2, 0.25) is 5.02 Å². The van der Waals surface area contributed by atoms with E-state index in [9.17, 15) is 9.59 Å². The summed E-state index contributed by atoms with van der Waals surface area (Å²) in [4.78, 5) is 23.1. The van der Waals surface area contributed by atoms with Gasteiger partial charge in [-0.25, -0.2) is 4.79 Å². The lowest BCUT2D eigenvalue weighted by Crippen LogP contribution is -2.03. The SMILES string of the molecule is O=C(O)c1ccc2oc(/C=C/c3ccc(Cl)cc3)cc(=O)c2c1. The van der Waals surface area contributed by atoms with Crippen molar-refractivity contribution in [3.8, 4) is 0 Å². The molecule has 0 radical (unpaired) electrons. The molecule has 0 aliphatic rings. The second-order valence-electron chi connectivity index (χ2n) is 4.91. The number of carboxylic acids is 1. The quantitative estimate of drug-likeness (QED) is 0.778. The summed E-state index contributed by atoms with van der Waals surface area (Å²) in [6.45, 7) is 0. The van der Waals surface area contributed by atoms with Crippen molar-refractivity contribution in [2.45, 2.75) is 0 Å². The molecule has 0 saturated heterocycles. The average Bonchev–Trinajstić information content (AvgIpc) is 2.54. The van der Waals surface area contributed by atoms with Gasteiger partial charge < -0.3 is 9.52 Å². The first-order chi connectivity index (χ1) is 11.0. The third-order valence-corrected chi connectivity index (χ3v) is 3.56. The van der Waals surface area contributed by atoms with Crippen molar-refractivity contribution in [1.82, 2.24) is 0 Å². The lowest BCUT2D eigenvalue weighted by Gasteiger charge is -2.01. The van der Waals surface area contributed by atoms with Crippen molar-refractivity contribution in [3.05, 3.63) is 80.7 Å². The van der Waals surface area contributed by atoms with Gasteiger partial charge in [0.2, 0.25) is 0 Å². The third kappa shape index (κ3) is 3.33. The van der Waals surface area contributed by atoms with E-state index in [1.807, 2.05) is 12.1 Å². The second kappa shape index (κ2) is 6.10. The number of carbonyl (C=O) groups is 1. The molecule has 0 fully saturated rings. The highest BCUT2D eigenvalue weighted by atomic mass is 35.5. The first-order valence-electron chi connectivity index (χ1n) is 6.78. The molecule has 0 atom stereocenters. The van der Waals surface area contributed by atoms with Gasteiger partial charge in [0.15, 0.2) is 5.43 Å². The van der Waals surface area contributed by atoms with E-state index in [0.717, 1.165) is 5.56 Å². The number of hydrogen-bond acceptors (Lipinski definition) is 3. The summed E-state index contributed by atoms with van der Waals surface area (Å²) in [6, 6.07) is 12.8. The molecule has 3 aromatic rings. The van der Waals surface area contributed by atoms with Gasteiger partial charge in [0, 0.05) is 11.1 Å². The minimum absolute atomic E-state index is 0.0502. The van der Waals surface area contributed by atoms with Crippen molar-refractivity contribution < 1.29 is 14.3 Å². The minimum atomic E-state index is -1.09. The van der Waals surface area contributed by atoms with E-state index in [-0.39, 0.29) is 16.4 Å². The predicted molar refractivity (Wildman–Crippen MR) is 89.8 cm³/mol. The van der Waals surface area contributed by atoms with Crippen molar-refractivity contribution in [2.75, 3.05) is 0 Å². The van der Waals surface area contributed by atoms with Crippen LogP contribution in [0.3, 0.4) is 0 Å². The molecule has 0 spiro atoms. The zero-order valence-corrected chi connectivity index (χ0v) is 12.6. The number of halogens is 1. The molecule has 1 N–H and O–H groups in total. The van der Waals surface area contributed by atoms with E-state index in [4.69, 9.17) is 21.1 Å². The van der Waals surface area contributed by atoms with Gasteiger partial charge in [-0.1, -0.05) is 29.8 Å². The number of aromatic carboxylic acids is 1. The summed E-state index contributed by atoms with van der Waals surface area (Å²) in [5, 5.41) is 9.86. The van der Waals surface area contributed by atoms with Crippen molar-refractivity contribution in [2.24, 2.45) is 0 Å². The molecule has 114 valence electrons. The molecule has 2 aromatic carbocycles. The zero-order valence-electron chi connectivity index (χ0n) is 11.8. The Morgan fingerprint density at radius 2 is 1.78 bits per heavy atom. The number of hydrogen-bond donors (Lipinski definition) is 1. The van der Waals surface area contributed by atoms with Crippen molar-refractivity contribution >= 4 is 40.7 Å². The summed E-state index contributed by atoms with van der Waals surface area (Å²) in [6.07, 6.45) is 3.47. The van der Waals surface area contributed by atoms with E-state index in [0.29, 0.717) is 16.4 Å². The fourth-order valence-electron chi connectivity index (χ4n) is 2.14. The fraction of sp³-hybridized carbons (Fsp3) is 0. The first kappa shape index (κ1) is 15.1. The van der Waals surface area contributed by atoms with Crippen LogP contribution in [0, 0.1) is 0 Å². The normalized spacial score (nSPS) is 11.2. The highest BCUT2D eigenvalue weighted by Crippen LogP contribution is 2.17. The number of rotatable bonds is 3. The first-order valence-corrected chi connectivity index (χ1v) is 7.15. The highest BCUT2D eigenvalue weighted by molar-refractivity contribution is 6.30. The van der Waals surface area contributed by atoms with Crippen LogP contribution in [-0.4, -0.2) is 11.1 Å². The maximum Gasteiger partial charge on any atom is 0.335 e. The fourth-order valence-corrected chi connectivity index (χ4v) is 2.27. The summed E-state index contributed by atoms with van der Waals surface area (Å²) >= 11 is 5.82. The van der Waals surface area contributed by atoms with Crippen LogP contribution >= 0.6 is 11.6 Å². The summed E-state index contributed by atoms with van der Waals surface area (Å²) in [7, 11) is 0. The van der Waals surface area contributed by atoms with E-state index >= 15 is 0 Å². The van der Waals surface area contributed by atoms with Crippen LogP contribution in [0.25, 0.3) is 23.1 Å². The van der Waals surface area contributed by atoms with Gasteiger partial charge in [0.1, 0.15) is 11.3 Å². The van der Waals surface area contributed by atoms with E-state index in [1.54, 1.807) is 24.3 Å². The Hall–Kier alpha value is -2.85. The highest BCUT2D eigenvalue weighted by Gasteiger charge is 2.08. The van der Waals surface area contributed by atoms with Gasteiger partial charge in [-0.2, -0.15) is 0 Å². The predicted octanol–water partition coefficient (Wildman–Crippen LogP) is 4.32. The van der Waals surface area contributed by atoms with Crippen LogP contribution in [0.15, 0.2) is 57.7 Å². The maximum atomic E-state index is 12.1. The Morgan fingerprint density at radius 3 is 2.48 bits per heavy atom. The second-order valence-corrected chi connectivity index (χ2v) is 5.35. The lowest BCUT2D eigenvalue weighted by atomic mass is 10.1. The molecule has 5 heteroatoms. The molecule has 3 rings (SSSR count). The van der Waals surface area contributed by atoms with Crippen LogP contribution in [0.1, 0.15) is 21.7 Å². The van der Waals surface area contributed by atoms with Crippen molar-refractivity contribution in [1.29, 1.82) is 0 Å². The van der Waals surface area contributed by atoms with Gasteiger partial charge in [-0.05, 0) is 42.0 Å². The Labute approximate surface area is 136 Å². The third-order valence-electron chi connectivity index (χ3n) is 3.30. The Morgan fingerprint density at radius 1 is 1.04 bits per heavy atom. The minimum Gasteiger partial charge on any atom is -0.478 e. The van der Waals surface area contributed by atoms with Crippen LogP contribution < -0.4 is 5.43 Å². The van der Waals surface area contributed by atoms with E-state index < -0.39 is 5.97 Å². The lowest BCUT2D eigenvalue weighted by molar-refractivity contribution is 0.0697. The van der Waals surface area contributed by atoms with Crippen LogP contribution in [-0.2, 0) is 0 Å². The molecule has 0 saturated carbocycles. The van der Waals surface area contributed by atoms with Gasteiger partial charge in [0.05, 0.1) is 10.9 Å². The molecule has 4 nitrogen and oxygen atoms in total. The number of fused-ring (bicyclic) bond motifs is 1. The summed E-state index contributed by atoms with van der Waals surface area (Å²) in [5.41, 5.74) is 1.02. The molecule has 0 aliphatic heterocycles. The molecule has 0 aliphatic carbocycles. The summed E-state index contributed by atoms with van der Waals surface area (Å²) < 4.78 is 5.62. The van der Waals surface area contributed by atoms with E-state index in [1.165, 1.54) is 24.3 Å². The molecule has 0 amide bonds.